The number of benzene rings is 1. The molecule has 0 spiro atoms. The third-order valence-corrected chi connectivity index (χ3v) is 3.82. The predicted molar refractivity (Wildman–Crippen MR) is 67.9 cm³/mol. The Morgan fingerprint density at radius 2 is 1.88 bits per heavy atom. The first kappa shape index (κ1) is 10.2. The number of nitrogens with one attached hydrogen (secondary N) is 1. The highest BCUT2D eigenvalue weighted by molar-refractivity contribution is 5.55. The summed E-state index contributed by atoms with van der Waals surface area (Å²) in [4.78, 5) is 2.55. The van der Waals surface area contributed by atoms with Crippen LogP contribution < -0.4 is 10.2 Å². The van der Waals surface area contributed by atoms with Gasteiger partial charge in [-0.25, -0.2) is 0 Å². The van der Waals surface area contributed by atoms with Gasteiger partial charge in [0.1, 0.15) is 0 Å². The maximum Gasteiger partial charge on any atom is 0.0414 e. The summed E-state index contributed by atoms with van der Waals surface area (Å²) < 4.78 is 0. The van der Waals surface area contributed by atoms with Crippen molar-refractivity contribution in [2.45, 2.75) is 31.7 Å². The van der Waals surface area contributed by atoms with Crippen LogP contribution >= 0.6 is 0 Å². The van der Waals surface area contributed by atoms with E-state index in [1.165, 1.54) is 56.6 Å². The fraction of sp³-hybridized carbons (Fsp3) is 0.571. The Morgan fingerprint density at radius 3 is 2.62 bits per heavy atom. The van der Waals surface area contributed by atoms with Gasteiger partial charge in [-0.3, -0.25) is 0 Å². The SMILES string of the molecule is c1ccc(N2CCCC2)c([C@H]2CCCN2)c1. The molecule has 0 saturated carbocycles. The molecule has 2 aliphatic heterocycles. The highest BCUT2D eigenvalue weighted by Crippen LogP contribution is 2.32. The van der Waals surface area contributed by atoms with Crippen molar-refractivity contribution < 1.29 is 0 Å². The van der Waals surface area contributed by atoms with E-state index in [0.29, 0.717) is 6.04 Å². The van der Waals surface area contributed by atoms with E-state index in [1.54, 1.807) is 0 Å². The lowest BCUT2D eigenvalue weighted by atomic mass is 10.0. The number of para-hydroxylation sites is 1. The van der Waals surface area contributed by atoms with Gasteiger partial charge in [0.15, 0.2) is 0 Å². The summed E-state index contributed by atoms with van der Waals surface area (Å²) in [6.45, 7) is 3.66. The predicted octanol–water partition coefficient (Wildman–Crippen LogP) is 2.71. The summed E-state index contributed by atoms with van der Waals surface area (Å²) in [6, 6.07) is 9.54. The van der Waals surface area contributed by atoms with E-state index in [-0.39, 0.29) is 0 Å². The highest BCUT2D eigenvalue weighted by atomic mass is 15.1. The van der Waals surface area contributed by atoms with Gasteiger partial charge in [-0.1, -0.05) is 18.2 Å². The zero-order valence-corrected chi connectivity index (χ0v) is 9.78. The van der Waals surface area contributed by atoms with Gasteiger partial charge < -0.3 is 10.2 Å². The summed E-state index contributed by atoms with van der Waals surface area (Å²) in [6.07, 6.45) is 5.32. The van der Waals surface area contributed by atoms with Gasteiger partial charge in [-0.2, -0.15) is 0 Å². The van der Waals surface area contributed by atoms with Crippen LogP contribution in [0.1, 0.15) is 37.3 Å². The lowest BCUT2D eigenvalue weighted by Crippen LogP contribution is -2.22. The van der Waals surface area contributed by atoms with Gasteiger partial charge in [0, 0.05) is 24.8 Å². The third kappa shape index (κ3) is 1.82. The zero-order valence-electron chi connectivity index (χ0n) is 9.78. The van der Waals surface area contributed by atoms with E-state index in [1.807, 2.05) is 0 Å². The van der Waals surface area contributed by atoms with Crippen molar-refractivity contribution in [2.24, 2.45) is 0 Å². The van der Waals surface area contributed by atoms with Crippen molar-refractivity contribution in [2.75, 3.05) is 24.5 Å². The molecular formula is C14H20N2. The smallest absolute Gasteiger partial charge is 0.0414 e. The molecule has 0 amide bonds. The number of anilines is 1. The first-order valence-corrected chi connectivity index (χ1v) is 6.52. The second kappa shape index (κ2) is 4.46. The number of nitrogens with zero attached hydrogens (tertiary/aromatic N) is 1. The first-order chi connectivity index (χ1) is 7.95. The Hall–Kier alpha value is -1.02. The van der Waals surface area contributed by atoms with Gasteiger partial charge in [0.2, 0.25) is 0 Å². The van der Waals surface area contributed by atoms with E-state index < -0.39 is 0 Å². The fourth-order valence-electron chi connectivity index (χ4n) is 2.98. The fourth-order valence-corrected chi connectivity index (χ4v) is 2.98. The summed E-state index contributed by atoms with van der Waals surface area (Å²) >= 11 is 0. The summed E-state index contributed by atoms with van der Waals surface area (Å²) in [5.74, 6) is 0. The molecule has 3 rings (SSSR count). The minimum Gasteiger partial charge on any atom is -0.371 e. The molecule has 2 nitrogen and oxygen atoms in total. The van der Waals surface area contributed by atoms with E-state index >= 15 is 0 Å². The van der Waals surface area contributed by atoms with Crippen LogP contribution in [0.3, 0.4) is 0 Å². The van der Waals surface area contributed by atoms with Crippen molar-refractivity contribution in [3.05, 3.63) is 29.8 Å². The molecule has 1 atom stereocenters. The second-order valence-corrected chi connectivity index (χ2v) is 4.90. The molecule has 2 heteroatoms. The Morgan fingerprint density at radius 1 is 1.06 bits per heavy atom. The molecule has 0 aliphatic carbocycles. The molecule has 16 heavy (non-hydrogen) atoms. The van der Waals surface area contributed by atoms with Crippen LogP contribution in [0.25, 0.3) is 0 Å². The lowest BCUT2D eigenvalue weighted by Gasteiger charge is -2.24. The molecule has 2 aliphatic rings. The van der Waals surface area contributed by atoms with Crippen LogP contribution in [0.2, 0.25) is 0 Å². The molecule has 2 heterocycles. The summed E-state index contributed by atoms with van der Waals surface area (Å²) in [7, 11) is 0. The molecule has 2 fully saturated rings. The van der Waals surface area contributed by atoms with E-state index in [4.69, 9.17) is 0 Å². The van der Waals surface area contributed by atoms with Gasteiger partial charge in [0.25, 0.3) is 0 Å². The van der Waals surface area contributed by atoms with Gasteiger partial charge in [0.05, 0.1) is 0 Å². The zero-order chi connectivity index (χ0) is 10.8. The second-order valence-electron chi connectivity index (χ2n) is 4.90. The van der Waals surface area contributed by atoms with Crippen molar-refractivity contribution in [1.29, 1.82) is 0 Å². The van der Waals surface area contributed by atoms with Crippen LogP contribution in [0, 0.1) is 0 Å². The third-order valence-electron chi connectivity index (χ3n) is 3.82. The molecule has 0 aromatic heterocycles. The molecule has 86 valence electrons. The quantitative estimate of drug-likeness (QED) is 0.817. The van der Waals surface area contributed by atoms with E-state index in [2.05, 4.69) is 34.5 Å². The van der Waals surface area contributed by atoms with Crippen molar-refractivity contribution in [3.63, 3.8) is 0 Å². The first-order valence-electron chi connectivity index (χ1n) is 6.52. The number of rotatable bonds is 2. The topological polar surface area (TPSA) is 15.3 Å². The van der Waals surface area contributed by atoms with E-state index in [0.717, 1.165) is 0 Å². The molecular weight excluding hydrogens is 196 g/mol. The van der Waals surface area contributed by atoms with Gasteiger partial charge in [-0.15, -0.1) is 0 Å². The normalized spacial score (nSPS) is 25.2. The Bertz CT molecular complexity index is 315. The molecule has 1 N–H and O–H groups in total. The Balaban J connectivity index is 1.90. The highest BCUT2D eigenvalue weighted by Gasteiger charge is 2.22. The molecule has 1 aromatic carbocycles. The standard InChI is InChI=1S/C14H20N2/c1-2-8-14(16-10-3-4-11-16)12(6-1)13-7-5-9-15-13/h1-2,6,8,13,15H,3-5,7,9-11H2/t13-/m1/s1. The van der Waals surface area contributed by atoms with Crippen molar-refractivity contribution in [3.8, 4) is 0 Å². The van der Waals surface area contributed by atoms with Crippen molar-refractivity contribution in [1.82, 2.24) is 5.32 Å². The molecule has 0 bridgehead atoms. The summed E-state index contributed by atoms with van der Waals surface area (Å²) in [5.41, 5.74) is 2.99. The van der Waals surface area contributed by atoms with Crippen LogP contribution in [-0.4, -0.2) is 19.6 Å². The minimum atomic E-state index is 0.594. The van der Waals surface area contributed by atoms with Crippen LogP contribution in [0.5, 0.6) is 0 Å². The van der Waals surface area contributed by atoms with Crippen LogP contribution in [0.15, 0.2) is 24.3 Å². The molecule has 0 unspecified atom stereocenters. The van der Waals surface area contributed by atoms with Crippen LogP contribution in [-0.2, 0) is 0 Å². The molecule has 0 radical (unpaired) electrons. The van der Waals surface area contributed by atoms with Gasteiger partial charge in [-0.05, 0) is 43.9 Å². The lowest BCUT2D eigenvalue weighted by molar-refractivity contribution is 0.645. The van der Waals surface area contributed by atoms with Gasteiger partial charge >= 0.3 is 0 Å². The Labute approximate surface area is 97.6 Å². The number of hydrogen-bond donors (Lipinski definition) is 1. The summed E-state index contributed by atoms with van der Waals surface area (Å²) in [5, 5.41) is 3.61. The average molecular weight is 216 g/mol. The largest absolute Gasteiger partial charge is 0.371 e. The monoisotopic (exact) mass is 216 g/mol. The molecule has 1 aromatic rings. The Kier molecular flexibility index (Phi) is 2.83. The maximum atomic E-state index is 3.61. The van der Waals surface area contributed by atoms with Crippen LogP contribution in [0.4, 0.5) is 5.69 Å². The molecule has 2 saturated heterocycles. The van der Waals surface area contributed by atoms with Crippen molar-refractivity contribution >= 4 is 5.69 Å². The van der Waals surface area contributed by atoms with E-state index in [9.17, 15) is 0 Å². The minimum absolute atomic E-state index is 0.594. The average Bonchev–Trinajstić information content (AvgIpc) is 3.03. The maximum absolute atomic E-state index is 3.61. The number of hydrogen-bond acceptors (Lipinski definition) is 2.